The number of aromatic nitrogens is 2. The Hall–Kier alpha value is -2.22. The molecule has 1 saturated heterocycles. The first-order chi connectivity index (χ1) is 13.0. The molecule has 2 aromatic heterocycles. The summed E-state index contributed by atoms with van der Waals surface area (Å²) in [6, 6.07) is 10.5. The minimum Gasteiger partial charge on any atom is -0.361 e. The fourth-order valence-corrected chi connectivity index (χ4v) is 4.60. The van der Waals surface area contributed by atoms with E-state index in [4.69, 9.17) is 0 Å². The maximum Gasteiger partial charge on any atom is 0.186 e. The largest absolute Gasteiger partial charge is 0.361 e. The van der Waals surface area contributed by atoms with Crippen LogP contribution in [0.3, 0.4) is 0 Å². The first-order valence-electron chi connectivity index (χ1n) is 9.25. The van der Waals surface area contributed by atoms with Crippen LogP contribution in [0.4, 0.5) is 10.9 Å². The summed E-state index contributed by atoms with van der Waals surface area (Å²) in [7, 11) is 0. The summed E-state index contributed by atoms with van der Waals surface area (Å²) in [5.74, 6) is 1.04. The van der Waals surface area contributed by atoms with E-state index in [1.165, 1.54) is 11.1 Å². The van der Waals surface area contributed by atoms with Crippen LogP contribution in [0.15, 0.2) is 36.5 Å². The molecule has 0 amide bonds. The van der Waals surface area contributed by atoms with Gasteiger partial charge in [-0.1, -0.05) is 23.5 Å². The van der Waals surface area contributed by atoms with Crippen LogP contribution in [-0.2, 0) is 0 Å². The molecule has 0 spiro atoms. The fourth-order valence-electron chi connectivity index (χ4n) is 3.62. The number of benzene rings is 1. The second-order valence-corrected chi connectivity index (χ2v) is 8.22. The number of rotatable bonds is 4. The lowest BCUT2D eigenvalue weighted by Gasteiger charge is -2.42. The monoisotopic (exact) mass is 383 g/mol. The van der Waals surface area contributed by atoms with Crippen molar-refractivity contribution >= 4 is 32.5 Å². The molecule has 2 atom stereocenters. The number of thiazole rings is 1. The average molecular weight is 384 g/mol. The minimum absolute atomic E-state index is 0.194. The van der Waals surface area contributed by atoms with Crippen LogP contribution in [-0.4, -0.2) is 52.0 Å². The van der Waals surface area contributed by atoms with Crippen LogP contribution >= 0.6 is 11.3 Å². The molecule has 1 aliphatic heterocycles. The number of aryl methyl sites for hydroxylation is 2. The second kappa shape index (κ2) is 7.42. The molecule has 3 aromatic rings. The Morgan fingerprint density at radius 1 is 1.26 bits per heavy atom. The summed E-state index contributed by atoms with van der Waals surface area (Å²) >= 11 is 1.58. The molecule has 0 saturated carbocycles. The Balaban J connectivity index is 1.43. The number of aliphatic hydroxyl groups is 1. The van der Waals surface area contributed by atoms with Crippen molar-refractivity contribution in [1.29, 1.82) is 0 Å². The number of fused-ring (bicyclic) bond motifs is 1. The molecule has 1 aliphatic rings. The molecule has 4 rings (SSSR count). The predicted octanol–water partition coefficient (Wildman–Crippen LogP) is 3.21. The summed E-state index contributed by atoms with van der Waals surface area (Å²) in [6.45, 7) is 8.72. The number of nitrogens with one attached hydrogen (secondary N) is 1. The summed E-state index contributed by atoms with van der Waals surface area (Å²) in [5.41, 5.74) is 3.36. The Morgan fingerprint density at radius 2 is 2.11 bits per heavy atom. The highest BCUT2D eigenvalue weighted by Gasteiger charge is 2.29. The average Bonchev–Trinajstić information content (AvgIpc) is 3.03. The van der Waals surface area contributed by atoms with Gasteiger partial charge in [-0.05, 0) is 50.1 Å². The van der Waals surface area contributed by atoms with Gasteiger partial charge in [0.1, 0.15) is 5.82 Å². The topological polar surface area (TPSA) is 64.5 Å². The van der Waals surface area contributed by atoms with Gasteiger partial charge in [0.2, 0.25) is 0 Å². The van der Waals surface area contributed by atoms with Crippen molar-refractivity contribution in [1.82, 2.24) is 14.9 Å². The third-order valence-corrected chi connectivity index (χ3v) is 6.02. The molecule has 1 aromatic carbocycles. The summed E-state index contributed by atoms with van der Waals surface area (Å²) in [6.07, 6.45) is 1.08. The molecule has 7 heteroatoms. The first kappa shape index (κ1) is 18.2. The Labute approximate surface area is 163 Å². The van der Waals surface area contributed by atoms with E-state index in [1.807, 2.05) is 18.3 Å². The molecule has 1 unspecified atom stereocenters. The van der Waals surface area contributed by atoms with Crippen LogP contribution in [0.1, 0.15) is 18.1 Å². The molecule has 0 aliphatic carbocycles. The number of hydrogen-bond donors (Lipinski definition) is 2. The molecule has 0 bridgehead atoms. The van der Waals surface area contributed by atoms with E-state index in [2.05, 4.69) is 64.1 Å². The predicted molar refractivity (Wildman–Crippen MR) is 111 cm³/mol. The quantitative estimate of drug-likeness (QED) is 0.675. The van der Waals surface area contributed by atoms with Crippen LogP contribution in [0.25, 0.3) is 10.2 Å². The van der Waals surface area contributed by atoms with Gasteiger partial charge in [-0.2, -0.15) is 0 Å². The third kappa shape index (κ3) is 3.76. The van der Waals surface area contributed by atoms with E-state index >= 15 is 0 Å². The maximum absolute atomic E-state index is 10.7. The van der Waals surface area contributed by atoms with E-state index in [0.29, 0.717) is 0 Å². The summed E-state index contributed by atoms with van der Waals surface area (Å²) < 4.78 is 1.13. The molecule has 3 heterocycles. The van der Waals surface area contributed by atoms with Gasteiger partial charge >= 0.3 is 0 Å². The molecular weight excluding hydrogens is 358 g/mol. The second-order valence-electron chi connectivity index (χ2n) is 7.18. The lowest BCUT2D eigenvalue weighted by Crippen LogP contribution is -2.57. The van der Waals surface area contributed by atoms with Crippen LogP contribution in [0.5, 0.6) is 0 Å². The SMILES string of the molecule is Cc1ccc2nc(NC(O)N3CCN(c4ncccc4C)C[C@H]3C)sc2c1. The van der Waals surface area contributed by atoms with Gasteiger partial charge in [0.15, 0.2) is 11.5 Å². The van der Waals surface area contributed by atoms with E-state index in [0.717, 1.165) is 40.8 Å². The summed E-state index contributed by atoms with van der Waals surface area (Å²) in [5, 5.41) is 14.7. The molecule has 27 heavy (non-hydrogen) atoms. The smallest absolute Gasteiger partial charge is 0.186 e. The fraction of sp³-hybridized carbons (Fsp3) is 0.400. The van der Waals surface area contributed by atoms with E-state index in [1.54, 1.807) is 11.3 Å². The van der Waals surface area contributed by atoms with Gasteiger partial charge in [-0.25, -0.2) is 9.97 Å². The Morgan fingerprint density at radius 3 is 2.89 bits per heavy atom. The van der Waals surface area contributed by atoms with Crippen molar-refractivity contribution in [3.63, 3.8) is 0 Å². The van der Waals surface area contributed by atoms with E-state index < -0.39 is 6.35 Å². The zero-order chi connectivity index (χ0) is 19.0. The van der Waals surface area contributed by atoms with Gasteiger partial charge in [0, 0.05) is 31.9 Å². The molecule has 0 radical (unpaired) electrons. The van der Waals surface area contributed by atoms with Crippen molar-refractivity contribution in [2.45, 2.75) is 33.2 Å². The lowest BCUT2D eigenvalue weighted by molar-refractivity contribution is -0.00540. The zero-order valence-electron chi connectivity index (χ0n) is 15.9. The zero-order valence-corrected chi connectivity index (χ0v) is 16.7. The van der Waals surface area contributed by atoms with Gasteiger partial charge < -0.3 is 15.3 Å². The van der Waals surface area contributed by atoms with Gasteiger partial charge in [-0.15, -0.1) is 0 Å². The number of anilines is 2. The van der Waals surface area contributed by atoms with E-state index in [-0.39, 0.29) is 6.04 Å². The van der Waals surface area contributed by atoms with Gasteiger partial charge in [0.05, 0.1) is 10.2 Å². The molecule has 142 valence electrons. The van der Waals surface area contributed by atoms with Crippen LogP contribution < -0.4 is 10.2 Å². The molecule has 6 nitrogen and oxygen atoms in total. The summed E-state index contributed by atoms with van der Waals surface area (Å²) in [4.78, 5) is 13.5. The normalized spacial score (nSPS) is 19.4. The number of pyridine rings is 1. The Bertz CT molecular complexity index is 943. The molecular formula is C20H25N5OS. The molecule has 1 fully saturated rings. The third-order valence-electron chi connectivity index (χ3n) is 5.07. The number of piperazine rings is 1. The highest BCUT2D eigenvalue weighted by Crippen LogP contribution is 2.28. The van der Waals surface area contributed by atoms with Gasteiger partial charge in [-0.3, -0.25) is 4.90 Å². The van der Waals surface area contributed by atoms with E-state index in [9.17, 15) is 5.11 Å². The Kier molecular flexibility index (Phi) is 4.99. The first-order valence-corrected chi connectivity index (χ1v) is 10.1. The van der Waals surface area contributed by atoms with Crippen molar-refractivity contribution in [2.75, 3.05) is 29.9 Å². The number of hydrogen-bond acceptors (Lipinski definition) is 7. The number of aliphatic hydroxyl groups excluding tert-OH is 1. The van der Waals surface area contributed by atoms with Gasteiger partial charge in [0.25, 0.3) is 0 Å². The molecule has 2 N–H and O–H groups in total. The number of nitrogens with zero attached hydrogens (tertiary/aromatic N) is 4. The minimum atomic E-state index is -0.756. The maximum atomic E-state index is 10.7. The van der Waals surface area contributed by atoms with Crippen molar-refractivity contribution in [3.05, 3.63) is 47.7 Å². The standard InChI is InChI=1S/C20H25N5OS/c1-13-6-7-16-17(11-13)27-19(22-16)23-20(26)25-10-9-24(12-15(25)3)18-14(2)5-4-8-21-18/h4-8,11,15,20,26H,9-10,12H2,1-3H3,(H,22,23)/t15-,20?/m1/s1. The van der Waals surface area contributed by atoms with Crippen LogP contribution in [0.2, 0.25) is 0 Å². The van der Waals surface area contributed by atoms with Crippen molar-refractivity contribution in [3.8, 4) is 0 Å². The lowest BCUT2D eigenvalue weighted by atomic mass is 10.1. The van der Waals surface area contributed by atoms with Crippen LogP contribution in [0, 0.1) is 13.8 Å². The highest BCUT2D eigenvalue weighted by molar-refractivity contribution is 7.22. The highest BCUT2D eigenvalue weighted by atomic mass is 32.1. The van der Waals surface area contributed by atoms with Crippen molar-refractivity contribution < 1.29 is 5.11 Å². The van der Waals surface area contributed by atoms with Crippen molar-refractivity contribution in [2.24, 2.45) is 0 Å².